The van der Waals surface area contributed by atoms with Crippen LogP contribution in [0.25, 0.3) is 10.2 Å². The largest absolute Gasteiger partial charge is 0.383 e. The molecule has 12 heteroatoms. The summed E-state index contributed by atoms with van der Waals surface area (Å²) in [5, 5.41) is 0. The van der Waals surface area contributed by atoms with Crippen molar-refractivity contribution >= 4 is 53.4 Å². The highest BCUT2D eigenvalue weighted by molar-refractivity contribution is 9.10. The first kappa shape index (κ1) is 27.7. The first-order valence-corrected chi connectivity index (χ1v) is 13.8. The van der Waals surface area contributed by atoms with Crippen molar-refractivity contribution in [1.82, 2.24) is 8.87 Å². The summed E-state index contributed by atoms with van der Waals surface area (Å²) >= 11 is 4.88. The first-order chi connectivity index (χ1) is 16.8. The average Bonchev–Trinajstić information content (AvgIpc) is 3.18. The standard InChI is InChI=1S/C23H28BrN3O6S2/c1-31-13-10-26(11-14-32-2)35(29,30)19-7-4-17(5-8-19)22(28)25-23-27(12-15-33-3)20-9-6-18(24)16-21(20)34-23/h4-9,16H,10-15H2,1-3H3. The molecule has 0 saturated carbocycles. The summed E-state index contributed by atoms with van der Waals surface area (Å²) in [5.74, 6) is -0.457. The summed E-state index contributed by atoms with van der Waals surface area (Å²) in [5.41, 5.74) is 1.25. The Morgan fingerprint density at radius 3 is 2.23 bits per heavy atom. The molecule has 0 aliphatic rings. The molecule has 0 bridgehead atoms. The van der Waals surface area contributed by atoms with Gasteiger partial charge in [-0.3, -0.25) is 4.79 Å². The Morgan fingerprint density at radius 2 is 1.63 bits per heavy atom. The molecule has 3 rings (SSSR count). The molecule has 0 saturated heterocycles. The second-order valence-electron chi connectivity index (χ2n) is 7.47. The molecule has 2 aromatic carbocycles. The van der Waals surface area contributed by atoms with E-state index in [9.17, 15) is 13.2 Å². The molecule has 0 aliphatic heterocycles. The highest BCUT2D eigenvalue weighted by Crippen LogP contribution is 2.22. The van der Waals surface area contributed by atoms with Crippen LogP contribution in [0.4, 0.5) is 0 Å². The fourth-order valence-electron chi connectivity index (χ4n) is 3.34. The third kappa shape index (κ3) is 6.85. The van der Waals surface area contributed by atoms with Crippen molar-refractivity contribution in [3.05, 3.63) is 57.3 Å². The van der Waals surface area contributed by atoms with Crippen LogP contribution in [0.5, 0.6) is 0 Å². The highest BCUT2D eigenvalue weighted by Gasteiger charge is 2.24. The zero-order chi connectivity index (χ0) is 25.4. The molecule has 0 atom stereocenters. The molecule has 0 fully saturated rings. The minimum absolute atomic E-state index is 0.0862. The van der Waals surface area contributed by atoms with Gasteiger partial charge in [-0.25, -0.2) is 8.42 Å². The number of carbonyl (C=O) groups is 1. The van der Waals surface area contributed by atoms with Crippen molar-refractivity contribution in [2.24, 2.45) is 4.99 Å². The SMILES string of the molecule is COCCN(CCOC)S(=O)(=O)c1ccc(C(=O)N=c2sc3cc(Br)ccc3n2CCOC)cc1. The fourth-order valence-corrected chi connectivity index (χ4v) is 6.35. The monoisotopic (exact) mass is 585 g/mol. The maximum absolute atomic E-state index is 13.1. The smallest absolute Gasteiger partial charge is 0.279 e. The Morgan fingerprint density at radius 1 is 1.00 bits per heavy atom. The van der Waals surface area contributed by atoms with Gasteiger partial charge in [-0.1, -0.05) is 27.3 Å². The van der Waals surface area contributed by atoms with Crippen LogP contribution in [0, 0.1) is 0 Å². The van der Waals surface area contributed by atoms with Gasteiger partial charge in [0.1, 0.15) is 0 Å². The summed E-state index contributed by atoms with van der Waals surface area (Å²) < 4.78 is 46.6. The Kier molecular flexibility index (Phi) is 10.2. The third-order valence-electron chi connectivity index (χ3n) is 5.19. The van der Waals surface area contributed by atoms with E-state index in [4.69, 9.17) is 14.2 Å². The van der Waals surface area contributed by atoms with E-state index in [0.29, 0.717) is 23.5 Å². The third-order valence-corrected chi connectivity index (χ3v) is 8.64. The number of amides is 1. The Hall–Kier alpha value is -1.93. The Bertz CT molecular complexity index is 1310. The summed E-state index contributed by atoms with van der Waals surface area (Å²) in [6.45, 7) is 1.92. The molecule has 1 amide bonds. The molecule has 35 heavy (non-hydrogen) atoms. The predicted octanol–water partition coefficient (Wildman–Crippen LogP) is 3.14. The van der Waals surface area contributed by atoms with E-state index in [1.165, 1.54) is 54.1 Å². The van der Waals surface area contributed by atoms with Crippen LogP contribution >= 0.6 is 27.3 Å². The molecular weight excluding hydrogens is 558 g/mol. The molecule has 0 aliphatic carbocycles. The number of nitrogens with zero attached hydrogens (tertiary/aromatic N) is 3. The Labute approximate surface area is 217 Å². The zero-order valence-corrected chi connectivity index (χ0v) is 23.0. The van der Waals surface area contributed by atoms with Gasteiger partial charge in [0, 0.05) is 51.0 Å². The minimum Gasteiger partial charge on any atom is -0.383 e. The van der Waals surface area contributed by atoms with Gasteiger partial charge in [0.25, 0.3) is 5.91 Å². The van der Waals surface area contributed by atoms with Crippen LogP contribution in [0.3, 0.4) is 0 Å². The van der Waals surface area contributed by atoms with Crippen molar-refractivity contribution in [3.8, 4) is 0 Å². The van der Waals surface area contributed by atoms with Gasteiger partial charge in [-0.05, 0) is 42.5 Å². The van der Waals surface area contributed by atoms with Gasteiger partial charge in [0.15, 0.2) is 4.80 Å². The molecule has 190 valence electrons. The van der Waals surface area contributed by atoms with Gasteiger partial charge in [0.05, 0.1) is 34.9 Å². The summed E-state index contributed by atoms with van der Waals surface area (Å²) in [4.78, 5) is 17.9. The van der Waals surface area contributed by atoms with E-state index in [1.54, 1.807) is 7.11 Å². The van der Waals surface area contributed by atoms with Crippen molar-refractivity contribution in [2.45, 2.75) is 11.4 Å². The average molecular weight is 587 g/mol. The van der Waals surface area contributed by atoms with E-state index in [1.807, 2.05) is 22.8 Å². The van der Waals surface area contributed by atoms with Crippen LogP contribution in [-0.4, -0.2) is 77.4 Å². The Balaban J connectivity index is 1.91. The van der Waals surface area contributed by atoms with Crippen molar-refractivity contribution in [2.75, 3.05) is 54.2 Å². The van der Waals surface area contributed by atoms with E-state index >= 15 is 0 Å². The maximum atomic E-state index is 13.1. The molecule has 0 unspecified atom stereocenters. The molecular formula is C23H28BrN3O6S2. The van der Waals surface area contributed by atoms with Crippen LogP contribution in [0.1, 0.15) is 10.4 Å². The number of ether oxygens (including phenoxy) is 3. The topological polar surface area (TPSA) is 99.4 Å². The van der Waals surface area contributed by atoms with Crippen molar-refractivity contribution < 1.29 is 27.4 Å². The van der Waals surface area contributed by atoms with Crippen LogP contribution in [-0.2, 0) is 30.8 Å². The maximum Gasteiger partial charge on any atom is 0.279 e. The van der Waals surface area contributed by atoms with Crippen LogP contribution in [0.2, 0.25) is 0 Å². The number of benzene rings is 2. The van der Waals surface area contributed by atoms with Gasteiger partial charge in [-0.15, -0.1) is 0 Å². The lowest BCUT2D eigenvalue weighted by molar-refractivity contribution is 0.0997. The molecule has 0 N–H and O–H groups in total. The number of rotatable bonds is 12. The number of methoxy groups -OCH3 is 3. The van der Waals surface area contributed by atoms with E-state index in [-0.39, 0.29) is 31.2 Å². The lowest BCUT2D eigenvalue weighted by Crippen LogP contribution is -2.36. The summed E-state index contributed by atoms with van der Waals surface area (Å²) in [6.07, 6.45) is 0. The molecule has 0 radical (unpaired) electrons. The predicted molar refractivity (Wildman–Crippen MR) is 138 cm³/mol. The van der Waals surface area contributed by atoms with E-state index in [2.05, 4.69) is 20.9 Å². The lowest BCUT2D eigenvalue weighted by atomic mass is 10.2. The number of aromatic nitrogens is 1. The molecule has 3 aromatic rings. The lowest BCUT2D eigenvalue weighted by Gasteiger charge is -2.21. The van der Waals surface area contributed by atoms with E-state index in [0.717, 1.165) is 14.7 Å². The van der Waals surface area contributed by atoms with Gasteiger partial charge in [0.2, 0.25) is 10.0 Å². The summed E-state index contributed by atoms with van der Waals surface area (Å²) in [7, 11) is 0.872. The highest BCUT2D eigenvalue weighted by atomic mass is 79.9. The molecule has 1 heterocycles. The second kappa shape index (κ2) is 12.9. The van der Waals surface area contributed by atoms with Crippen LogP contribution in [0.15, 0.2) is 56.8 Å². The van der Waals surface area contributed by atoms with E-state index < -0.39 is 15.9 Å². The first-order valence-electron chi connectivity index (χ1n) is 10.8. The number of halogens is 1. The van der Waals surface area contributed by atoms with Crippen molar-refractivity contribution in [1.29, 1.82) is 0 Å². The van der Waals surface area contributed by atoms with Gasteiger partial charge < -0.3 is 18.8 Å². The number of fused-ring (bicyclic) bond motifs is 1. The van der Waals surface area contributed by atoms with Gasteiger partial charge >= 0.3 is 0 Å². The second-order valence-corrected chi connectivity index (χ2v) is 11.3. The minimum atomic E-state index is -3.77. The fraction of sp³-hybridized carbons (Fsp3) is 0.391. The number of sulfonamides is 1. The van der Waals surface area contributed by atoms with Crippen LogP contribution < -0.4 is 4.80 Å². The molecule has 1 aromatic heterocycles. The number of hydrogen-bond donors (Lipinski definition) is 0. The zero-order valence-electron chi connectivity index (χ0n) is 19.8. The summed E-state index contributed by atoms with van der Waals surface area (Å²) in [6, 6.07) is 11.7. The van der Waals surface area contributed by atoms with Gasteiger partial charge in [-0.2, -0.15) is 9.30 Å². The normalized spacial score (nSPS) is 12.7. The van der Waals surface area contributed by atoms with Crippen molar-refractivity contribution in [3.63, 3.8) is 0 Å². The molecule has 0 spiro atoms. The quantitative estimate of drug-likeness (QED) is 0.324. The number of carbonyl (C=O) groups excluding carboxylic acids is 1. The number of thiazole rings is 1. The molecule has 9 nitrogen and oxygen atoms in total. The number of hydrogen-bond acceptors (Lipinski definition) is 7.